The van der Waals surface area contributed by atoms with Gasteiger partial charge >= 0.3 is 0 Å². The Kier molecular flexibility index (Phi) is 4.54. The molecule has 1 N–H and O–H groups in total. The molecule has 0 radical (unpaired) electrons. The van der Waals surface area contributed by atoms with Crippen LogP contribution < -0.4 is 10.1 Å². The molecule has 4 rings (SSSR count). The fourth-order valence-corrected chi connectivity index (χ4v) is 3.62. The zero-order valence-electron chi connectivity index (χ0n) is 14.2. The molecule has 2 atom stereocenters. The van der Waals surface area contributed by atoms with E-state index < -0.39 is 0 Å². The Morgan fingerprint density at radius 3 is 3.17 bits per heavy atom. The van der Waals surface area contributed by atoms with Crippen LogP contribution in [0.5, 0.6) is 5.75 Å². The molecule has 24 heavy (non-hydrogen) atoms. The Balaban J connectivity index is 1.43. The van der Waals surface area contributed by atoms with Crippen LogP contribution in [0.1, 0.15) is 42.6 Å². The van der Waals surface area contributed by atoms with Crippen molar-refractivity contribution in [3.05, 3.63) is 47.3 Å². The van der Waals surface area contributed by atoms with Gasteiger partial charge in [0.15, 0.2) is 0 Å². The predicted octanol–water partition coefficient (Wildman–Crippen LogP) is 2.85. The average molecular weight is 327 g/mol. The standard InChI is InChI=1S/C19H25N3O2/c1-2-22-13-16(12-21-22)19-17(4-3-8-24-19)20-11-14-5-6-18-15(10-14)7-9-23-18/h5-6,10,12-13,17,19-20H,2-4,7-9,11H2,1H3/t17-,19+/m0/s1. The number of aryl methyl sites for hydroxylation is 1. The molecule has 0 spiro atoms. The molecule has 128 valence electrons. The van der Waals surface area contributed by atoms with E-state index in [2.05, 4.69) is 41.7 Å². The first kappa shape index (κ1) is 15.7. The Bertz CT molecular complexity index is 698. The van der Waals surface area contributed by atoms with Gasteiger partial charge in [-0.25, -0.2) is 0 Å². The fraction of sp³-hybridized carbons (Fsp3) is 0.526. The van der Waals surface area contributed by atoms with Gasteiger partial charge in [0.05, 0.1) is 12.8 Å². The van der Waals surface area contributed by atoms with Gasteiger partial charge in [-0.15, -0.1) is 0 Å². The summed E-state index contributed by atoms with van der Waals surface area (Å²) in [5.74, 6) is 1.05. The molecule has 5 heteroatoms. The van der Waals surface area contributed by atoms with Gasteiger partial charge in [-0.1, -0.05) is 12.1 Å². The van der Waals surface area contributed by atoms with E-state index >= 15 is 0 Å². The number of nitrogens with zero attached hydrogens (tertiary/aromatic N) is 2. The van der Waals surface area contributed by atoms with Crippen LogP contribution in [-0.4, -0.2) is 29.0 Å². The third kappa shape index (κ3) is 3.19. The molecule has 1 saturated heterocycles. The largest absolute Gasteiger partial charge is 0.493 e. The lowest BCUT2D eigenvalue weighted by Crippen LogP contribution is -2.39. The zero-order chi connectivity index (χ0) is 16.4. The number of hydrogen-bond acceptors (Lipinski definition) is 4. The van der Waals surface area contributed by atoms with Gasteiger partial charge in [0.25, 0.3) is 0 Å². The summed E-state index contributed by atoms with van der Waals surface area (Å²) < 4.78 is 13.6. The Morgan fingerprint density at radius 2 is 2.29 bits per heavy atom. The minimum Gasteiger partial charge on any atom is -0.493 e. The summed E-state index contributed by atoms with van der Waals surface area (Å²) in [6, 6.07) is 6.85. The monoisotopic (exact) mass is 327 g/mol. The Hall–Kier alpha value is -1.85. The van der Waals surface area contributed by atoms with Crippen molar-refractivity contribution in [2.45, 2.75) is 51.4 Å². The third-order valence-corrected chi connectivity index (χ3v) is 4.95. The van der Waals surface area contributed by atoms with Crippen molar-refractivity contribution in [3.8, 4) is 5.75 Å². The van der Waals surface area contributed by atoms with Crippen molar-refractivity contribution < 1.29 is 9.47 Å². The van der Waals surface area contributed by atoms with Gasteiger partial charge < -0.3 is 14.8 Å². The van der Waals surface area contributed by atoms with E-state index in [9.17, 15) is 0 Å². The summed E-state index contributed by atoms with van der Waals surface area (Å²) in [6.07, 6.45) is 7.41. The molecule has 2 aliphatic rings. The second-order valence-electron chi connectivity index (χ2n) is 6.59. The van der Waals surface area contributed by atoms with Crippen LogP contribution in [0.3, 0.4) is 0 Å². The second-order valence-corrected chi connectivity index (χ2v) is 6.59. The van der Waals surface area contributed by atoms with Crippen molar-refractivity contribution >= 4 is 0 Å². The molecule has 1 aromatic heterocycles. The van der Waals surface area contributed by atoms with Gasteiger partial charge in [0.1, 0.15) is 11.9 Å². The quantitative estimate of drug-likeness (QED) is 0.917. The van der Waals surface area contributed by atoms with E-state index in [-0.39, 0.29) is 6.10 Å². The fourth-order valence-electron chi connectivity index (χ4n) is 3.62. The van der Waals surface area contributed by atoms with Crippen LogP contribution >= 0.6 is 0 Å². The third-order valence-electron chi connectivity index (χ3n) is 4.95. The van der Waals surface area contributed by atoms with E-state index in [1.54, 1.807) is 0 Å². The van der Waals surface area contributed by atoms with Gasteiger partial charge in [-0.2, -0.15) is 5.10 Å². The number of nitrogens with one attached hydrogen (secondary N) is 1. The highest BCUT2D eigenvalue weighted by atomic mass is 16.5. The molecule has 0 aliphatic carbocycles. The topological polar surface area (TPSA) is 48.3 Å². The summed E-state index contributed by atoms with van der Waals surface area (Å²) in [7, 11) is 0. The molecular formula is C19H25N3O2. The minimum absolute atomic E-state index is 0.0943. The number of aromatic nitrogens is 2. The van der Waals surface area contributed by atoms with E-state index in [0.29, 0.717) is 6.04 Å². The minimum atomic E-state index is 0.0943. The van der Waals surface area contributed by atoms with Crippen LogP contribution in [0.15, 0.2) is 30.6 Å². The molecule has 0 unspecified atom stereocenters. The molecule has 0 saturated carbocycles. The molecule has 1 fully saturated rings. The lowest BCUT2D eigenvalue weighted by atomic mass is 9.97. The summed E-state index contributed by atoms with van der Waals surface area (Å²) >= 11 is 0. The summed E-state index contributed by atoms with van der Waals surface area (Å²) in [5.41, 5.74) is 3.82. The predicted molar refractivity (Wildman–Crippen MR) is 92.1 cm³/mol. The first-order chi connectivity index (χ1) is 11.8. The summed E-state index contributed by atoms with van der Waals surface area (Å²) in [6.45, 7) is 5.50. The van der Waals surface area contributed by atoms with E-state index in [4.69, 9.17) is 9.47 Å². The second kappa shape index (κ2) is 6.95. The number of ether oxygens (including phenoxy) is 2. The van der Waals surface area contributed by atoms with Gasteiger partial charge in [0.2, 0.25) is 0 Å². The summed E-state index contributed by atoms with van der Waals surface area (Å²) in [4.78, 5) is 0. The van der Waals surface area contributed by atoms with E-state index in [0.717, 1.165) is 51.3 Å². The number of benzene rings is 1. The highest BCUT2D eigenvalue weighted by Crippen LogP contribution is 2.29. The first-order valence-corrected chi connectivity index (χ1v) is 8.95. The maximum Gasteiger partial charge on any atom is 0.122 e. The lowest BCUT2D eigenvalue weighted by Gasteiger charge is -2.32. The Morgan fingerprint density at radius 1 is 1.33 bits per heavy atom. The molecule has 0 amide bonds. The molecular weight excluding hydrogens is 302 g/mol. The molecule has 5 nitrogen and oxygen atoms in total. The van der Waals surface area contributed by atoms with Gasteiger partial charge in [-0.05, 0) is 37.0 Å². The van der Waals surface area contributed by atoms with Crippen LogP contribution in [0.2, 0.25) is 0 Å². The number of fused-ring (bicyclic) bond motifs is 1. The van der Waals surface area contributed by atoms with Crippen molar-refractivity contribution in [2.75, 3.05) is 13.2 Å². The lowest BCUT2D eigenvalue weighted by molar-refractivity contribution is -0.0112. The van der Waals surface area contributed by atoms with Gasteiger partial charge in [-0.3, -0.25) is 4.68 Å². The molecule has 3 heterocycles. The Labute approximate surface area is 143 Å². The maximum atomic E-state index is 6.06. The van der Waals surface area contributed by atoms with Crippen molar-refractivity contribution in [1.82, 2.24) is 15.1 Å². The highest BCUT2D eigenvalue weighted by molar-refractivity contribution is 5.39. The summed E-state index contributed by atoms with van der Waals surface area (Å²) in [5, 5.41) is 8.10. The number of rotatable bonds is 5. The smallest absolute Gasteiger partial charge is 0.122 e. The van der Waals surface area contributed by atoms with Gasteiger partial charge in [0, 0.05) is 43.9 Å². The van der Waals surface area contributed by atoms with Crippen LogP contribution in [0, 0.1) is 0 Å². The first-order valence-electron chi connectivity index (χ1n) is 8.95. The molecule has 2 aromatic rings. The zero-order valence-corrected chi connectivity index (χ0v) is 14.2. The van der Waals surface area contributed by atoms with Crippen LogP contribution in [0.4, 0.5) is 0 Å². The highest BCUT2D eigenvalue weighted by Gasteiger charge is 2.28. The SMILES string of the molecule is CCn1cc([C@H]2OCCC[C@@H]2NCc2ccc3c(c2)CCO3)cn1. The van der Waals surface area contributed by atoms with Crippen molar-refractivity contribution in [3.63, 3.8) is 0 Å². The van der Waals surface area contributed by atoms with E-state index in [1.165, 1.54) is 16.7 Å². The average Bonchev–Trinajstić information content (AvgIpc) is 3.28. The van der Waals surface area contributed by atoms with Crippen molar-refractivity contribution in [1.29, 1.82) is 0 Å². The maximum absolute atomic E-state index is 6.06. The molecule has 1 aromatic carbocycles. The van der Waals surface area contributed by atoms with Crippen molar-refractivity contribution in [2.24, 2.45) is 0 Å². The molecule has 2 aliphatic heterocycles. The molecule has 0 bridgehead atoms. The van der Waals surface area contributed by atoms with E-state index in [1.807, 2.05) is 10.9 Å². The van der Waals surface area contributed by atoms with Crippen LogP contribution in [0.25, 0.3) is 0 Å². The number of hydrogen-bond donors (Lipinski definition) is 1. The normalized spacial score (nSPS) is 23.0. The van der Waals surface area contributed by atoms with Crippen LogP contribution in [-0.2, 0) is 24.2 Å².